The maximum absolute atomic E-state index is 12.9. The number of amides is 2. The lowest BCUT2D eigenvalue weighted by Gasteiger charge is -2.22. The first kappa shape index (κ1) is 24.7. The number of nitrogens with zero attached hydrogens (tertiary/aromatic N) is 3. The molecule has 33 heavy (non-hydrogen) atoms. The molecule has 14 heteroatoms. The van der Waals surface area contributed by atoms with Gasteiger partial charge in [0.15, 0.2) is 0 Å². The van der Waals surface area contributed by atoms with Crippen LogP contribution in [0.2, 0.25) is 0 Å². The van der Waals surface area contributed by atoms with Gasteiger partial charge in [0.25, 0.3) is 0 Å². The number of para-hydroxylation sites is 1. The molecular weight excluding hydrogens is 483 g/mol. The summed E-state index contributed by atoms with van der Waals surface area (Å²) >= 11 is 4.16. The van der Waals surface area contributed by atoms with Crippen molar-refractivity contribution in [3.05, 3.63) is 42.7 Å². The number of sulfonamides is 1. The van der Waals surface area contributed by atoms with Crippen LogP contribution in [0.4, 0.5) is 29.3 Å². The predicted molar refractivity (Wildman–Crippen MR) is 120 cm³/mol. The van der Waals surface area contributed by atoms with Gasteiger partial charge in [0, 0.05) is 0 Å². The summed E-state index contributed by atoms with van der Waals surface area (Å²) in [6, 6.07) is 7.18. The number of carbonyl (C=O) groups is 1. The van der Waals surface area contributed by atoms with Gasteiger partial charge < -0.3 is 14.6 Å². The maximum atomic E-state index is 12.9. The summed E-state index contributed by atoms with van der Waals surface area (Å²) < 4.78 is 69.6. The summed E-state index contributed by atoms with van der Waals surface area (Å²) in [5.41, 5.74) is 0.309. The van der Waals surface area contributed by atoms with E-state index in [1.54, 1.807) is 13.8 Å². The highest BCUT2D eigenvalue weighted by Gasteiger charge is 2.29. The highest BCUT2D eigenvalue weighted by molar-refractivity contribution is 7.89. The van der Waals surface area contributed by atoms with Gasteiger partial charge in [0.05, 0.1) is 34.0 Å². The monoisotopic (exact) mass is 503 g/mol. The van der Waals surface area contributed by atoms with Crippen LogP contribution in [-0.2, 0) is 16.6 Å². The topological polar surface area (TPSA) is 120 Å². The Kier molecular flexibility index (Phi) is 6.81. The second-order valence-electron chi connectivity index (χ2n) is 7.24. The van der Waals surface area contributed by atoms with Gasteiger partial charge in [-0.3, -0.25) is 0 Å². The normalized spacial score (nSPS) is 12.2. The molecule has 0 aliphatic carbocycles. The van der Waals surface area contributed by atoms with Crippen molar-refractivity contribution in [2.24, 2.45) is 5.14 Å². The summed E-state index contributed by atoms with van der Waals surface area (Å²) in [6.45, 7) is 2.15. The summed E-state index contributed by atoms with van der Waals surface area (Å²) in [5.74, 6) is 0.142. The van der Waals surface area contributed by atoms with Gasteiger partial charge in [-0.25, -0.2) is 27.6 Å². The summed E-state index contributed by atoms with van der Waals surface area (Å²) in [5, 5.41) is 7.66. The molecule has 1 heterocycles. The number of nitrogens with two attached hydrogens (primary N) is 1. The SMILES string of the molecule is CC(C)Oc1ccc(S(N)(=O)=O)cc1N(S)C(=O)Nc1cccc2ncn(CC(F)(F)F)c12. The van der Waals surface area contributed by atoms with Gasteiger partial charge in [0.1, 0.15) is 18.0 Å². The number of hydrogen-bond acceptors (Lipinski definition) is 6. The number of anilines is 2. The van der Waals surface area contributed by atoms with E-state index in [0.717, 1.165) is 21.3 Å². The van der Waals surface area contributed by atoms with Gasteiger partial charge in [-0.2, -0.15) is 13.2 Å². The number of nitrogens with one attached hydrogen (secondary N) is 1. The molecular formula is C19H20F3N5O4S2. The Balaban J connectivity index is 1.99. The quantitative estimate of drug-likeness (QED) is 0.441. The summed E-state index contributed by atoms with van der Waals surface area (Å²) in [7, 11) is -4.10. The number of primary sulfonamides is 1. The standard InChI is InChI=1S/C19H20F3N5O4S2/c1-11(2)31-16-7-6-12(33(23,29)30)8-15(16)27(32)18(28)25-14-5-3-4-13-17(14)26(10-24-13)9-19(20,21)22/h3-8,10-11,32H,9H2,1-2H3,(H,25,28)(H2,23,29,30). The Morgan fingerprint density at radius 2 is 2.00 bits per heavy atom. The molecule has 0 spiro atoms. The van der Waals surface area contributed by atoms with E-state index < -0.39 is 28.8 Å². The van der Waals surface area contributed by atoms with Crippen LogP contribution in [0, 0.1) is 0 Å². The number of aromatic nitrogens is 2. The fourth-order valence-electron chi connectivity index (χ4n) is 3.01. The van der Waals surface area contributed by atoms with Crippen molar-refractivity contribution in [1.82, 2.24) is 9.55 Å². The Bertz CT molecular complexity index is 1290. The van der Waals surface area contributed by atoms with Crippen LogP contribution in [0.15, 0.2) is 47.6 Å². The average Bonchev–Trinajstić information content (AvgIpc) is 3.08. The lowest BCUT2D eigenvalue weighted by Crippen LogP contribution is -2.28. The van der Waals surface area contributed by atoms with E-state index in [4.69, 9.17) is 9.88 Å². The Labute approximate surface area is 192 Å². The molecule has 178 valence electrons. The number of thiol groups is 1. The fraction of sp³-hybridized carbons (Fsp3) is 0.263. The van der Waals surface area contributed by atoms with Crippen LogP contribution < -0.4 is 19.5 Å². The van der Waals surface area contributed by atoms with Crippen LogP contribution >= 0.6 is 12.8 Å². The fourth-order valence-corrected chi connectivity index (χ4v) is 3.75. The van der Waals surface area contributed by atoms with E-state index >= 15 is 0 Å². The zero-order valence-electron chi connectivity index (χ0n) is 17.4. The number of rotatable bonds is 6. The number of benzene rings is 2. The molecule has 0 aliphatic rings. The number of hydrogen-bond donors (Lipinski definition) is 3. The molecule has 2 aromatic carbocycles. The Morgan fingerprint density at radius 1 is 1.30 bits per heavy atom. The van der Waals surface area contributed by atoms with Crippen molar-refractivity contribution in [3.8, 4) is 5.75 Å². The molecule has 0 radical (unpaired) electrons. The lowest BCUT2D eigenvalue weighted by atomic mass is 10.2. The number of urea groups is 1. The second-order valence-corrected chi connectivity index (χ2v) is 9.21. The molecule has 0 fully saturated rings. The molecule has 0 aliphatic heterocycles. The molecule has 0 unspecified atom stereocenters. The number of halogens is 3. The number of imidazole rings is 1. The first-order chi connectivity index (χ1) is 15.3. The third-order valence-corrected chi connectivity index (χ3v) is 5.58. The van der Waals surface area contributed by atoms with Gasteiger partial charge in [-0.05, 0) is 44.2 Å². The summed E-state index contributed by atoms with van der Waals surface area (Å²) in [4.78, 5) is 16.6. The largest absolute Gasteiger partial charge is 0.489 e. The first-order valence-electron chi connectivity index (χ1n) is 9.40. The van der Waals surface area contributed by atoms with Crippen molar-refractivity contribution in [3.63, 3.8) is 0 Å². The third-order valence-electron chi connectivity index (χ3n) is 4.27. The van der Waals surface area contributed by atoms with Crippen LogP contribution in [0.1, 0.15) is 13.8 Å². The maximum Gasteiger partial charge on any atom is 0.406 e. The van der Waals surface area contributed by atoms with Crippen molar-refractivity contribution in [2.75, 3.05) is 9.62 Å². The lowest BCUT2D eigenvalue weighted by molar-refractivity contribution is -0.139. The highest BCUT2D eigenvalue weighted by Crippen LogP contribution is 2.34. The highest BCUT2D eigenvalue weighted by atomic mass is 32.2. The zero-order valence-corrected chi connectivity index (χ0v) is 19.1. The number of ether oxygens (including phenoxy) is 1. The molecule has 9 nitrogen and oxygen atoms in total. The minimum Gasteiger partial charge on any atom is -0.489 e. The Hall–Kier alpha value is -2.97. The number of alkyl halides is 3. The van der Waals surface area contributed by atoms with Crippen molar-refractivity contribution < 1.29 is 31.1 Å². The zero-order chi connectivity index (χ0) is 24.6. The third kappa shape index (κ3) is 5.89. The molecule has 0 saturated heterocycles. The van der Waals surface area contributed by atoms with E-state index in [0.29, 0.717) is 0 Å². The number of carbonyl (C=O) groups excluding carboxylic acids is 1. The van der Waals surface area contributed by atoms with E-state index in [9.17, 15) is 26.4 Å². The molecule has 1 aromatic heterocycles. The molecule has 3 N–H and O–H groups in total. The average molecular weight is 504 g/mol. The van der Waals surface area contributed by atoms with E-state index in [2.05, 4.69) is 23.1 Å². The summed E-state index contributed by atoms with van der Waals surface area (Å²) in [6.07, 6.45) is -3.80. The Morgan fingerprint density at radius 3 is 2.61 bits per heavy atom. The molecule has 0 saturated carbocycles. The van der Waals surface area contributed by atoms with Gasteiger partial charge in [-0.1, -0.05) is 18.9 Å². The van der Waals surface area contributed by atoms with Crippen LogP contribution in [0.3, 0.4) is 0 Å². The van der Waals surface area contributed by atoms with Crippen LogP contribution in [0.25, 0.3) is 11.0 Å². The smallest absolute Gasteiger partial charge is 0.406 e. The minimum atomic E-state index is -4.50. The van der Waals surface area contributed by atoms with Gasteiger partial charge >= 0.3 is 12.2 Å². The van der Waals surface area contributed by atoms with E-state index in [1.165, 1.54) is 30.3 Å². The molecule has 0 bridgehead atoms. The first-order valence-corrected chi connectivity index (χ1v) is 11.3. The van der Waals surface area contributed by atoms with Crippen LogP contribution in [-0.4, -0.2) is 36.3 Å². The van der Waals surface area contributed by atoms with Gasteiger partial charge in [-0.15, -0.1) is 0 Å². The number of fused-ring (bicyclic) bond motifs is 1. The van der Waals surface area contributed by atoms with Gasteiger partial charge in [0.2, 0.25) is 10.0 Å². The minimum absolute atomic E-state index is 0.0352. The second kappa shape index (κ2) is 9.11. The molecule has 3 rings (SSSR count). The van der Waals surface area contributed by atoms with Crippen molar-refractivity contribution in [1.29, 1.82) is 0 Å². The molecule has 3 aromatic rings. The predicted octanol–water partition coefficient (Wildman–Crippen LogP) is 3.92. The van der Waals surface area contributed by atoms with Crippen molar-refractivity contribution in [2.45, 2.75) is 37.6 Å². The van der Waals surface area contributed by atoms with Crippen molar-refractivity contribution >= 4 is 51.3 Å². The van der Waals surface area contributed by atoms with E-state index in [1.807, 2.05) is 0 Å². The molecule has 2 amide bonds. The van der Waals surface area contributed by atoms with E-state index in [-0.39, 0.29) is 39.2 Å². The van der Waals surface area contributed by atoms with Crippen LogP contribution in [0.5, 0.6) is 5.75 Å². The molecule has 0 atom stereocenters.